The number of ketones is 1. The van der Waals surface area contributed by atoms with Crippen LogP contribution in [0.25, 0.3) is 10.9 Å². The smallest absolute Gasteiger partial charge is 0.323 e. The molecule has 2 amide bonds. The molecule has 38 heavy (non-hydrogen) atoms. The first-order valence-electron chi connectivity index (χ1n) is 13.0. The van der Waals surface area contributed by atoms with Crippen molar-refractivity contribution in [2.75, 3.05) is 13.7 Å². The lowest BCUT2D eigenvalue weighted by Gasteiger charge is -2.38. The molecule has 1 atom stereocenters. The van der Waals surface area contributed by atoms with E-state index in [2.05, 4.69) is 10.3 Å². The molecule has 0 aliphatic heterocycles. The van der Waals surface area contributed by atoms with Crippen LogP contribution in [0.15, 0.2) is 24.4 Å². The second-order valence-corrected chi connectivity index (χ2v) is 10.3. The van der Waals surface area contributed by atoms with E-state index in [4.69, 9.17) is 4.74 Å². The summed E-state index contributed by atoms with van der Waals surface area (Å²) in [6.45, 7) is -0.835. The van der Waals surface area contributed by atoms with E-state index in [1.165, 1.54) is 13.3 Å². The predicted molar refractivity (Wildman–Crippen MR) is 134 cm³/mol. The van der Waals surface area contributed by atoms with Crippen LogP contribution in [0.5, 0.6) is 5.75 Å². The number of aliphatic carboxylic acids is 1. The molecule has 3 N–H and O–H groups in total. The van der Waals surface area contributed by atoms with Crippen LogP contribution < -0.4 is 10.1 Å². The maximum absolute atomic E-state index is 13.6. The molecule has 2 fully saturated rings. The fraction of sp³-hybridized carbons (Fsp3) is 0.556. The molecule has 0 radical (unpaired) electrons. The number of alkyl halides is 2. The van der Waals surface area contributed by atoms with Crippen LogP contribution in [0, 0.1) is 5.92 Å². The Bertz CT molecular complexity index is 1200. The molecule has 11 heteroatoms. The summed E-state index contributed by atoms with van der Waals surface area (Å²) in [7, 11) is 1.50. The van der Waals surface area contributed by atoms with Gasteiger partial charge in [-0.1, -0.05) is 19.3 Å². The zero-order chi connectivity index (χ0) is 27.4. The highest BCUT2D eigenvalue weighted by Gasteiger charge is 2.42. The van der Waals surface area contributed by atoms with Crippen LogP contribution in [-0.2, 0) is 14.4 Å². The molecule has 1 heterocycles. The highest BCUT2D eigenvalue weighted by molar-refractivity contribution is 6.45. The van der Waals surface area contributed by atoms with E-state index >= 15 is 0 Å². The molecule has 206 valence electrons. The largest absolute Gasteiger partial charge is 0.497 e. The summed E-state index contributed by atoms with van der Waals surface area (Å²) in [6, 6.07) is 3.22. The van der Waals surface area contributed by atoms with Crippen LogP contribution in [0.1, 0.15) is 68.1 Å². The first kappa shape index (κ1) is 27.5. The second kappa shape index (κ2) is 11.5. The van der Waals surface area contributed by atoms with Crippen molar-refractivity contribution < 1.29 is 37.8 Å². The van der Waals surface area contributed by atoms with Crippen LogP contribution >= 0.6 is 0 Å². The number of carbonyl (C=O) groups excluding carboxylic acids is 3. The van der Waals surface area contributed by atoms with Gasteiger partial charge in [0.2, 0.25) is 11.8 Å². The first-order valence-corrected chi connectivity index (χ1v) is 13.0. The summed E-state index contributed by atoms with van der Waals surface area (Å²) < 4.78 is 32.5. The van der Waals surface area contributed by atoms with Gasteiger partial charge in [-0.3, -0.25) is 19.2 Å². The van der Waals surface area contributed by atoms with E-state index in [1.54, 1.807) is 18.2 Å². The highest BCUT2D eigenvalue weighted by Crippen LogP contribution is 2.34. The number of carboxylic acids is 1. The number of rotatable bonds is 9. The van der Waals surface area contributed by atoms with Gasteiger partial charge >= 0.3 is 5.97 Å². The van der Waals surface area contributed by atoms with Crippen molar-refractivity contribution in [3.05, 3.63) is 30.0 Å². The van der Waals surface area contributed by atoms with E-state index in [0.29, 0.717) is 29.5 Å². The van der Waals surface area contributed by atoms with E-state index in [1.807, 2.05) is 0 Å². The number of benzene rings is 1. The van der Waals surface area contributed by atoms with Crippen molar-refractivity contribution in [3.8, 4) is 5.75 Å². The number of aromatic nitrogens is 1. The Morgan fingerprint density at radius 3 is 2.45 bits per heavy atom. The number of amides is 2. The fourth-order valence-corrected chi connectivity index (χ4v) is 5.64. The average Bonchev–Trinajstić information content (AvgIpc) is 3.32. The summed E-state index contributed by atoms with van der Waals surface area (Å²) in [5.74, 6) is -6.56. The van der Waals surface area contributed by atoms with Gasteiger partial charge in [0.15, 0.2) is 0 Å². The topological polar surface area (TPSA) is 129 Å². The van der Waals surface area contributed by atoms with Crippen LogP contribution in [0.2, 0.25) is 0 Å². The third-order valence-corrected chi connectivity index (χ3v) is 7.66. The standard InChI is InChI=1S/C27H33F2N3O6/c1-38-18-7-8-19-20(14-30-21(19)13-18)24(35)26(37)32(15-22(33)34)23(16-5-3-2-4-6-16)25(36)31-17-9-11-27(28,29)12-10-17/h7-8,13-14,16-17,23,30H,2-6,9-12,15H2,1H3,(H,31,36)(H,33,34). The Hall–Kier alpha value is -3.50. The Balaban J connectivity index is 1.63. The third-order valence-electron chi connectivity index (χ3n) is 7.66. The van der Waals surface area contributed by atoms with Gasteiger partial charge in [0, 0.05) is 42.0 Å². The number of halogens is 2. The fourth-order valence-electron chi connectivity index (χ4n) is 5.64. The van der Waals surface area contributed by atoms with Crippen LogP contribution in [0.3, 0.4) is 0 Å². The zero-order valence-electron chi connectivity index (χ0n) is 21.3. The average molecular weight is 534 g/mol. The number of Topliss-reactive ketones (excluding diaryl/α,β-unsaturated/α-hetero) is 1. The number of methoxy groups -OCH3 is 1. The Labute approximate surface area is 218 Å². The van der Waals surface area contributed by atoms with Crippen molar-refractivity contribution >= 4 is 34.5 Å². The van der Waals surface area contributed by atoms with Gasteiger partial charge in [0.05, 0.1) is 12.7 Å². The lowest BCUT2D eigenvalue weighted by atomic mass is 9.82. The number of hydrogen-bond donors (Lipinski definition) is 3. The number of fused-ring (bicyclic) bond motifs is 1. The molecule has 4 rings (SSSR count). The van der Waals surface area contributed by atoms with E-state index < -0.39 is 48.1 Å². The van der Waals surface area contributed by atoms with Crippen LogP contribution in [-0.4, -0.2) is 70.2 Å². The molecule has 1 unspecified atom stereocenters. The summed E-state index contributed by atoms with van der Waals surface area (Å²) in [5, 5.41) is 12.9. The molecule has 2 aliphatic carbocycles. The Morgan fingerprint density at radius 2 is 1.82 bits per heavy atom. The van der Waals surface area contributed by atoms with E-state index in [-0.39, 0.29) is 37.2 Å². The first-order chi connectivity index (χ1) is 18.1. The summed E-state index contributed by atoms with van der Waals surface area (Å²) >= 11 is 0. The molecule has 9 nitrogen and oxygen atoms in total. The highest BCUT2D eigenvalue weighted by atomic mass is 19.3. The van der Waals surface area contributed by atoms with Crippen molar-refractivity contribution in [1.29, 1.82) is 0 Å². The molecular formula is C27H33F2N3O6. The molecule has 0 saturated heterocycles. The monoisotopic (exact) mass is 533 g/mol. The SMILES string of the molecule is COc1ccc2c(C(=O)C(=O)N(CC(=O)O)C(C(=O)NC3CCC(F)(F)CC3)C3CCCCC3)c[nH]c2c1. The summed E-state index contributed by atoms with van der Waals surface area (Å²) in [5.41, 5.74) is 0.612. The number of nitrogens with zero attached hydrogens (tertiary/aromatic N) is 1. The molecular weight excluding hydrogens is 500 g/mol. The van der Waals surface area contributed by atoms with Crippen molar-refractivity contribution in [2.45, 2.75) is 75.8 Å². The van der Waals surface area contributed by atoms with E-state index in [9.17, 15) is 33.1 Å². The van der Waals surface area contributed by atoms with Crippen molar-refractivity contribution in [1.82, 2.24) is 15.2 Å². The van der Waals surface area contributed by atoms with Crippen molar-refractivity contribution in [3.63, 3.8) is 0 Å². The summed E-state index contributed by atoms with van der Waals surface area (Å²) in [4.78, 5) is 56.2. The molecule has 1 aromatic carbocycles. The zero-order valence-corrected chi connectivity index (χ0v) is 21.3. The van der Waals surface area contributed by atoms with E-state index in [0.717, 1.165) is 24.2 Å². The van der Waals surface area contributed by atoms with Crippen LogP contribution in [0.4, 0.5) is 8.78 Å². The number of aromatic amines is 1. The maximum Gasteiger partial charge on any atom is 0.323 e. The predicted octanol–water partition coefficient (Wildman–Crippen LogP) is 3.92. The number of hydrogen-bond acceptors (Lipinski definition) is 5. The minimum Gasteiger partial charge on any atom is -0.497 e. The van der Waals surface area contributed by atoms with Gasteiger partial charge < -0.3 is 25.0 Å². The second-order valence-electron chi connectivity index (χ2n) is 10.3. The minimum atomic E-state index is -2.77. The number of carboxylic acid groups (broad SMARTS) is 1. The van der Waals surface area contributed by atoms with Gasteiger partial charge in [-0.05, 0) is 43.7 Å². The lowest BCUT2D eigenvalue weighted by Crippen LogP contribution is -2.58. The Kier molecular flexibility index (Phi) is 8.32. The normalized spacial score (nSPS) is 19.0. The third kappa shape index (κ3) is 6.14. The van der Waals surface area contributed by atoms with Gasteiger partial charge in [-0.15, -0.1) is 0 Å². The lowest BCUT2D eigenvalue weighted by molar-refractivity contribution is -0.148. The van der Waals surface area contributed by atoms with Gasteiger partial charge in [-0.25, -0.2) is 8.78 Å². The molecule has 2 aromatic rings. The quantitative estimate of drug-likeness (QED) is 0.331. The number of ether oxygens (including phenoxy) is 1. The summed E-state index contributed by atoms with van der Waals surface area (Å²) in [6.07, 6.45) is 4.57. The Morgan fingerprint density at radius 1 is 1.13 bits per heavy atom. The number of carbonyl (C=O) groups is 4. The molecule has 0 bridgehead atoms. The van der Waals surface area contributed by atoms with Gasteiger partial charge in [0.1, 0.15) is 18.3 Å². The number of nitrogens with one attached hydrogen (secondary N) is 2. The number of H-pyrrole nitrogens is 1. The molecule has 2 saturated carbocycles. The maximum atomic E-state index is 13.6. The van der Waals surface area contributed by atoms with Gasteiger partial charge in [-0.2, -0.15) is 0 Å². The molecule has 1 aromatic heterocycles. The molecule has 2 aliphatic rings. The van der Waals surface area contributed by atoms with Crippen molar-refractivity contribution in [2.24, 2.45) is 5.92 Å². The minimum absolute atomic E-state index is 0.0559. The van der Waals surface area contributed by atoms with Gasteiger partial charge in [0.25, 0.3) is 11.7 Å². The molecule has 0 spiro atoms.